The third kappa shape index (κ3) is 4.05. The lowest BCUT2D eigenvalue weighted by Crippen LogP contribution is -2.71. The first-order valence-electron chi connectivity index (χ1n) is 12.3. The summed E-state index contributed by atoms with van der Waals surface area (Å²) in [6, 6.07) is -2.14. The maximum atomic E-state index is 13.5. The molecule has 8 unspecified atom stereocenters. The smallest absolute Gasteiger partial charge is 0.255 e. The average molecular weight is 511 g/mol. The number of ether oxygens (including phenoxy) is 2. The fourth-order valence-electron chi connectivity index (χ4n) is 5.94. The van der Waals surface area contributed by atoms with E-state index in [0.717, 1.165) is 5.57 Å². The molecule has 0 aromatic carbocycles. The van der Waals surface area contributed by atoms with Crippen LogP contribution in [-0.4, -0.2) is 70.1 Å². The molecule has 0 aromatic rings. The van der Waals surface area contributed by atoms with Crippen molar-refractivity contribution in [2.45, 2.75) is 51.2 Å². The fourth-order valence-corrected chi connectivity index (χ4v) is 5.94. The van der Waals surface area contributed by atoms with Crippen LogP contribution >= 0.6 is 0 Å². The Hall–Kier alpha value is -3.47. The number of amides is 2. The Kier molecular flexibility index (Phi) is 6.43. The summed E-state index contributed by atoms with van der Waals surface area (Å²) in [7, 11) is 0. The van der Waals surface area contributed by atoms with Crippen LogP contribution in [0.1, 0.15) is 20.8 Å². The van der Waals surface area contributed by atoms with Crippen molar-refractivity contribution in [3.05, 3.63) is 70.3 Å². The second-order valence-electron chi connectivity index (χ2n) is 10.0. The molecule has 10 nitrogen and oxygen atoms in total. The maximum Gasteiger partial charge on any atom is 0.255 e. The molecule has 0 spiro atoms. The van der Waals surface area contributed by atoms with E-state index >= 15 is 0 Å². The van der Waals surface area contributed by atoms with Crippen molar-refractivity contribution in [1.82, 2.24) is 10.6 Å². The molecule has 0 radical (unpaired) electrons. The maximum absolute atomic E-state index is 13.5. The monoisotopic (exact) mass is 510 g/mol. The predicted molar refractivity (Wildman–Crippen MR) is 130 cm³/mol. The van der Waals surface area contributed by atoms with Crippen LogP contribution < -0.4 is 10.6 Å². The van der Waals surface area contributed by atoms with E-state index in [1.165, 1.54) is 0 Å². The molecule has 5 rings (SSSR count). The molecule has 2 heterocycles. The molecule has 8 atom stereocenters. The van der Waals surface area contributed by atoms with Crippen molar-refractivity contribution in [3.8, 4) is 0 Å². The highest BCUT2D eigenvalue weighted by atomic mass is 16.7. The third-order valence-electron chi connectivity index (χ3n) is 8.01. The minimum absolute atomic E-state index is 0.0251. The van der Waals surface area contributed by atoms with Crippen LogP contribution in [-0.2, 0) is 23.9 Å². The van der Waals surface area contributed by atoms with E-state index in [0.29, 0.717) is 5.57 Å². The number of hydrogen-bond acceptors (Lipinski definition) is 8. The molecule has 196 valence electrons. The molecule has 5 aliphatic rings. The highest BCUT2D eigenvalue weighted by molar-refractivity contribution is 6.26. The summed E-state index contributed by atoms with van der Waals surface area (Å²) >= 11 is 0. The molecular weight excluding hydrogens is 480 g/mol. The van der Waals surface area contributed by atoms with Gasteiger partial charge >= 0.3 is 0 Å². The molecule has 2 amide bonds. The van der Waals surface area contributed by atoms with Crippen molar-refractivity contribution in [1.29, 1.82) is 0 Å². The minimum Gasteiger partial charge on any atom is -0.458 e. The number of nitrogens with one attached hydrogen (secondary N) is 2. The van der Waals surface area contributed by atoms with Crippen molar-refractivity contribution >= 4 is 17.6 Å². The number of rotatable bonds is 4. The number of Topliss-reactive ketones (excluding diaryl/α,β-unsaturated/α-hetero) is 1. The Labute approximate surface area is 213 Å². The van der Waals surface area contributed by atoms with E-state index in [1.54, 1.807) is 19.9 Å². The molecular formula is C27H30N2O8. The lowest BCUT2D eigenvalue weighted by atomic mass is 9.68. The molecule has 37 heavy (non-hydrogen) atoms. The molecule has 0 saturated heterocycles. The molecule has 0 bridgehead atoms. The van der Waals surface area contributed by atoms with Gasteiger partial charge in [0.15, 0.2) is 0 Å². The normalized spacial score (nSPS) is 36.5. The van der Waals surface area contributed by atoms with Gasteiger partial charge in [-0.3, -0.25) is 14.4 Å². The summed E-state index contributed by atoms with van der Waals surface area (Å²) in [6.07, 6.45) is 6.78. The molecule has 1 saturated carbocycles. The van der Waals surface area contributed by atoms with Gasteiger partial charge in [-0.15, -0.1) is 0 Å². The van der Waals surface area contributed by atoms with Gasteiger partial charge in [-0.25, -0.2) is 0 Å². The molecule has 5 N–H and O–H groups in total. The lowest BCUT2D eigenvalue weighted by molar-refractivity contribution is -0.144. The zero-order valence-electron chi connectivity index (χ0n) is 20.7. The number of carbonyl (C=O) groups is 3. The van der Waals surface area contributed by atoms with Gasteiger partial charge in [-0.05, 0) is 30.9 Å². The molecule has 3 aliphatic carbocycles. The van der Waals surface area contributed by atoms with Crippen LogP contribution in [0.5, 0.6) is 0 Å². The van der Waals surface area contributed by atoms with Gasteiger partial charge in [0.2, 0.25) is 24.2 Å². The quantitative estimate of drug-likeness (QED) is 0.333. The Morgan fingerprint density at radius 3 is 2.51 bits per heavy atom. The minimum atomic E-state index is -1.64. The van der Waals surface area contributed by atoms with Crippen LogP contribution in [0.25, 0.3) is 0 Å². The van der Waals surface area contributed by atoms with Gasteiger partial charge in [-0.1, -0.05) is 43.4 Å². The van der Waals surface area contributed by atoms with E-state index in [1.807, 2.05) is 37.3 Å². The first-order chi connectivity index (χ1) is 17.6. The predicted octanol–water partition coefficient (Wildman–Crippen LogP) is 0.0482. The highest BCUT2D eigenvalue weighted by Gasteiger charge is 2.54. The van der Waals surface area contributed by atoms with Gasteiger partial charge in [-0.2, -0.15) is 0 Å². The van der Waals surface area contributed by atoms with Crippen molar-refractivity contribution in [2.75, 3.05) is 6.79 Å². The Bertz CT molecular complexity index is 1240. The summed E-state index contributed by atoms with van der Waals surface area (Å²) in [4.78, 5) is 39.7. The number of allylic oxidation sites excluding steroid dienone is 9. The second-order valence-corrected chi connectivity index (χ2v) is 10.0. The van der Waals surface area contributed by atoms with Crippen LogP contribution in [0.2, 0.25) is 0 Å². The topological polar surface area (TPSA) is 154 Å². The highest BCUT2D eigenvalue weighted by Crippen LogP contribution is 2.39. The molecule has 1 fully saturated rings. The SMILES string of the molecule is CC1=C(C(=O)C2=C(C)C3C(NC(=O)C4=CC=C5C=CC=CC5C4C)C(O)C(O)C(O)C3NC2=O)OCO1. The van der Waals surface area contributed by atoms with E-state index in [4.69, 9.17) is 9.47 Å². The zero-order valence-corrected chi connectivity index (χ0v) is 20.7. The zero-order chi connectivity index (χ0) is 26.6. The summed E-state index contributed by atoms with van der Waals surface area (Å²) < 4.78 is 10.4. The molecule has 0 aromatic heterocycles. The van der Waals surface area contributed by atoms with Crippen LogP contribution in [0.4, 0.5) is 0 Å². The Balaban J connectivity index is 1.50. The van der Waals surface area contributed by atoms with Crippen molar-refractivity contribution in [2.24, 2.45) is 17.8 Å². The lowest BCUT2D eigenvalue weighted by Gasteiger charge is -2.49. The molecule has 2 aliphatic heterocycles. The van der Waals surface area contributed by atoms with Crippen LogP contribution in [0, 0.1) is 17.8 Å². The number of fused-ring (bicyclic) bond motifs is 2. The van der Waals surface area contributed by atoms with Gasteiger partial charge < -0.3 is 35.4 Å². The van der Waals surface area contributed by atoms with E-state index in [2.05, 4.69) is 10.6 Å². The number of carbonyl (C=O) groups excluding carboxylic acids is 3. The van der Waals surface area contributed by atoms with Crippen LogP contribution in [0.3, 0.4) is 0 Å². The number of ketones is 1. The average Bonchev–Trinajstić information content (AvgIpc) is 3.31. The van der Waals surface area contributed by atoms with Gasteiger partial charge in [0, 0.05) is 17.4 Å². The summed E-state index contributed by atoms with van der Waals surface area (Å²) in [5.41, 5.74) is 1.63. The second kappa shape index (κ2) is 9.44. The van der Waals surface area contributed by atoms with Gasteiger partial charge in [0.05, 0.1) is 17.7 Å². The summed E-state index contributed by atoms with van der Waals surface area (Å²) in [6.45, 7) is 4.88. The first-order valence-corrected chi connectivity index (χ1v) is 12.3. The standard InChI is InChI=1S/C27H30N2O8/c1-11-15-7-5-4-6-14(15)8-9-16(11)26(34)28-19-17-12(2)18(21(30)25-13(3)36-10-37-25)27(35)29-20(17)23(32)24(33)22(19)31/h4-9,11,15,17,19-20,22-24,31-33H,10H2,1-3H3,(H,28,34)(H,29,35). The Morgan fingerprint density at radius 1 is 1.05 bits per heavy atom. The van der Waals surface area contributed by atoms with E-state index < -0.39 is 53.9 Å². The number of aliphatic hydroxyl groups is 3. The van der Waals surface area contributed by atoms with Gasteiger partial charge in [0.1, 0.15) is 24.1 Å². The largest absolute Gasteiger partial charge is 0.458 e. The number of aliphatic hydroxyl groups excluding tert-OH is 3. The third-order valence-corrected chi connectivity index (χ3v) is 8.01. The van der Waals surface area contributed by atoms with E-state index in [-0.39, 0.29) is 41.3 Å². The van der Waals surface area contributed by atoms with Crippen LogP contribution in [0.15, 0.2) is 70.3 Å². The molecule has 10 heteroatoms. The first kappa shape index (κ1) is 25.2. The summed E-state index contributed by atoms with van der Waals surface area (Å²) in [5.74, 6) is -2.74. The number of hydrogen-bond donors (Lipinski definition) is 5. The fraction of sp³-hybridized carbons (Fsp3) is 0.444. The van der Waals surface area contributed by atoms with Crippen molar-refractivity contribution in [3.63, 3.8) is 0 Å². The Morgan fingerprint density at radius 2 is 1.81 bits per heavy atom. The van der Waals surface area contributed by atoms with E-state index in [9.17, 15) is 29.7 Å². The summed E-state index contributed by atoms with van der Waals surface area (Å²) in [5, 5.41) is 37.7. The van der Waals surface area contributed by atoms with Gasteiger partial charge in [0.25, 0.3) is 5.91 Å². The van der Waals surface area contributed by atoms with Crippen molar-refractivity contribution < 1.29 is 39.2 Å².